The first-order chi connectivity index (χ1) is 14.2. The first kappa shape index (κ1) is 21.5. The number of hydrogen-bond acceptors (Lipinski definition) is 4. The van der Waals surface area contributed by atoms with E-state index in [9.17, 15) is 14.0 Å². The summed E-state index contributed by atoms with van der Waals surface area (Å²) in [6.07, 6.45) is 0.311. The highest BCUT2D eigenvalue weighted by Crippen LogP contribution is 2.30. The lowest BCUT2D eigenvalue weighted by Crippen LogP contribution is -2.51. The molecule has 1 aliphatic heterocycles. The SMILES string of the molecule is CC(C)[C@]1(C)CC(=O)N(Cc2ccc(C(=O)NCc3cccc(F)c3)cc2)C(N)=N1. The van der Waals surface area contributed by atoms with Crippen molar-refractivity contribution in [3.8, 4) is 0 Å². The first-order valence-electron chi connectivity index (χ1n) is 9.95. The van der Waals surface area contributed by atoms with Gasteiger partial charge in [-0.2, -0.15) is 0 Å². The summed E-state index contributed by atoms with van der Waals surface area (Å²) >= 11 is 0. The first-order valence-corrected chi connectivity index (χ1v) is 9.95. The molecule has 3 rings (SSSR count). The van der Waals surface area contributed by atoms with Crippen LogP contribution in [0, 0.1) is 11.7 Å². The molecule has 0 bridgehead atoms. The molecule has 6 nitrogen and oxygen atoms in total. The molecule has 7 heteroatoms. The Morgan fingerprint density at radius 1 is 1.23 bits per heavy atom. The van der Waals surface area contributed by atoms with Gasteiger partial charge in [-0.05, 0) is 48.2 Å². The zero-order chi connectivity index (χ0) is 21.9. The van der Waals surface area contributed by atoms with Gasteiger partial charge in [0.25, 0.3) is 5.91 Å². The van der Waals surface area contributed by atoms with E-state index in [0.717, 1.165) is 5.56 Å². The van der Waals surface area contributed by atoms with E-state index < -0.39 is 5.54 Å². The summed E-state index contributed by atoms with van der Waals surface area (Å²) in [5.41, 5.74) is 7.60. The molecule has 0 saturated heterocycles. The summed E-state index contributed by atoms with van der Waals surface area (Å²) in [6, 6.07) is 13.0. The summed E-state index contributed by atoms with van der Waals surface area (Å²) in [7, 11) is 0. The number of benzene rings is 2. The molecule has 1 heterocycles. The lowest BCUT2D eigenvalue weighted by Gasteiger charge is -2.37. The average Bonchev–Trinajstić information content (AvgIpc) is 2.69. The van der Waals surface area contributed by atoms with Crippen LogP contribution in [0.3, 0.4) is 0 Å². The highest BCUT2D eigenvalue weighted by atomic mass is 19.1. The zero-order valence-electron chi connectivity index (χ0n) is 17.5. The predicted molar refractivity (Wildman–Crippen MR) is 114 cm³/mol. The molecule has 0 unspecified atom stereocenters. The number of nitrogens with two attached hydrogens (primary N) is 1. The Bertz CT molecular complexity index is 971. The Kier molecular flexibility index (Phi) is 6.20. The van der Waals surface area contributed by atoms with Gasteiger partial charge in [-0.1, -0.05) is 38.1 Å². The third-order valence-corrected chi connectivity index (χ3v) is 5.60. The van der Waals surface area contributed by atoms with E-state index in [2.05, 4.69) is 10.3 Å². The average molecular weight is 410 g/mol. The van der Waals surface area contributed by atoms with Crippen LogP contribution >= 0.6 is 0 Å². The van der Waals surface area contributed by atoms with Gasteiger partial charge in [0.2, 0.25) is 5.91 Å². The van der Waals surface area contributed by atoms with Crippen molar-refractivity contribution in [3.05, 3.63) is 71.0 Å². The van der Waals surface area contributed by atoms with Crippen LogP contribution < -0.4 is 11.1 Å². The van der Waals surface area contributed by atoms with Crippen molar-refractivity contribution in [1.82, 2.24) is 10.2 Å². The Morgan fingerprint density at radius 3 is 2.53 bits per heavy atom. The maximum Gasteiger partial charge on any atom is 0.251 e. The fourth-order valence-corrected chi connectivity index (χ4v) is 3.27. The number of amides is 2. The minimum Gasteiger partial charge on any atom is -0.369 e. The van der Waals surface area contributed by atoms with Crippen LogP contribution in [0.4, 0.5) is 4.39 Å². The van der Waals surface area contributed by atoms with E-state index >= 15 is 0 Å². The maximum atomic E-state index is 13.2. The monoisotopic (exact) mass is 410 g/mol. The standard InChI is InChI=1S/C23H27FN4O2/c1-15(2)23(3)12-20(29)28(22(25)27-23)14-16-7-9-18(10-8-16)21(30)26-13-17-5-4-6-19(24)11-17/h4-11,15H,12-14H2,1-3H3,(H2,25,27)(H,26,30)/t23-/m0/s1. The summed E-state index contributed by atoms with van der Waals surface area (Å²) < 4.78 is 13.2. The molecule has 30 heavy (non-hydrogen) atoms. The van der Waals surface area contributed by atoms with E-state index in [1.54, 1.807) is 36.4 Å². The molecule has 1 aliphatic rings. The highest BCUT2D eigenvalue weighted by molar-refractivity contribution is 5.99. The van der Waals surface area contributed by atoms with Crippen molar-refractivity contribution in [2.45, 2.75) is 45.8 Å². The van der Waals surface area contributed by atoms with Gasteiger partial charge in [-0.25, -0.2) is 9.38 Å². The lowest BCUT2D eigenvalue weighted by atomic mass is 9.84. The van der Waals surface area contributed by atoms with Gasteiger partial charge < -0.3 is 11.1 Å². The lowest BCUT2D eigenvalue weighted by molar-refractivity contribution is -0.130. The maximum absolute atomic E-state index is 13.2. The molecule has 2 amide bonds. The Hall–Kier alpha value is -3.22. The highest BCUT2D eigenvalue weighted by Gasteiger charge is 2.38. The molecule has 158 valence electrons. The molecule has 3 N–H and O–H groups in total. The Labute approximate surface area is 176 Å². The second kappa shape index (κ2) is 8.65. The van der Waals surface area contributed by atoms with E-state index in [1.165, 1.54) is 17.0 Å². The van der Waals surface area contributed by atoms with Crippen molar-refractivity contribution >= 4 is 17.8 Å². The van der Waals surface area contributed by atoms with Gasteiger partial charge in [-0.15, -0.1) is 0 Å². The van der Waals surface area contributed by atoms with Gasteiger partial charge in [0.05, 0.1) is 18.5 Å². The second-order valence-electron chi connectivity index (χ2n) is 8.15. The van der Waals surface area contributed by atoms with Gasteiger partial charge in [-0.3, -0.25) is 14.5 Å². The van der Waals surface area contributed by atoms with Gasteiger partial charge in [0.1, 0.15) is 5.82 Å². The van der Waals surface area contributed by atoms with Crippen LogP contribution in [-0.2, 0) is 17.9 Å². The van der Waals surface area contributed by atoms with Crippen molar-refractivity contribution in [2.75, 3.05) is 0 Å². The van der Waals surface area contributed by atoms with Gasteiger partial charge in [0, 0.05) is 12.1 Å². The van der Waals surface area contributed by atoms with E-state index in [4.69, 9.17) is 5.73 Å². The fraction of sp³-hybridized carbons (Fsp3) is 0.348. The minimum atomic E-state index is -0.485. The minimum absolute atomic E-state index is 0.0596. The largest absolute Gasteiger partial charge is 0.369 e. The molecular weight excluding hydrogens is 383 g/mol. The fourth-order valence-electron chi connectivity index (χ4n) is 3.27. The summed E-state index contributed by atoms with van der Waals surface area (Å²) in [6.45, 7) is 6.53. The number of nitrogens with one attached hydrogen (secondary N) is 1. The molecule has 0 spiro atoms. The van der Waals surface area contributed by atoms with Crippen molar-refractivity contribution in [3.63, 3.8) is 0 Å². The Balaban J connectivity index is 1.63. The molecule has 0 aliphatic carbocycles. The van der Waals surface area contributed by atoms with E-state index in [0.29, 0.717) is 24.1 Å². The van der Waals surface area contributed by atoms with Crippen LogP contribution in [0.5, 0.6) is 0 Å². The summed E-state index contributed by atoms with van der Waals surface area (Å²) in [4.78, 5) is 31.0. The summed E-state index contributed by atoms with van der Waals surface area (Å²) in [5, 5.41) is 2.77. The number of rotatable bonds is 6. The Morgan fingerprint density at radius 2 is 1.93 bits per heavy atom. The molecule has 0 radical (unpaired) electrons. The molecule has 0 fully saturated rings. The number of nitrogens with zero attached hydrogens (tertiary/aromatic N) is 2. The van der Waals surface area contributed by atoms with Gasteiger partial charge in [0.15, 0.2) is 5.96 Å². The van der Waals surface area contributed by atoms with Crippen LogP contribution in [-0.4, -0.2) is 28.2 Å². The number of guanidine groups is 1. The van der Waals surface area contributed by atoms with Crippen LogP contribution in [0.25, 0.3) is 0 Å². The number of aliphatic imine (C=N–C) groups is 1. The smallest absolute Gasteiger partial charge is 0.251 e. The zero-order valence-corrected chi connectivity index (χ0v) is 17.5. The van der Waals surface area contributed by atoms with Gasteiger partial charge >= 0.3 is 0 Å². The van der Waals surface area contributed by atoms with Crippen LogP contribution in [0.15, 0.2) is 53.5 Å². The van der Waals surface area contributed by atoms with E-state index in [-0.39, 0.29) is 36.1 Å². The quantitative estimate of drug-likeness (QED) is 0.766. The number of hydrogen-bond donors (Lipinski definition) is 2. The van der Waals surface area contributed by atoms with E-state index in [1.807, 2.05) is 20.8 Å². The molecule has 0 aromatic heterocycles. The topological polar surface area (TPSA) is 87.8 Å². The number of carbonyl (C=O) groups excluding carboxylic acids is 2. The number of carbonyl (C=O) groups is 2. The predicted octanol–water partition coefficient (Wildman–Crippen LogP) is 3.22. The third-order valence-electron chi connectivity index (χ3n) is 5.60. The molecule has 1 atom stereocenters. The second-order valence-corrected chi connectivity index (χ2v) is 8.15. The van der Waals surface area contributed by atoms with Crippen LogP contribution in [0.2, 0.25) is 0 Å². The normalized spacial score (nSPS) is 19.0. The van der Waals surface area contributed by atoms with Crippen molar-refractivity contribution in [2.24, 2.45) is 16.6 Å². The van der Waals surface area contributed by atoms with Crippen molar-refractivity contribution in [1.29, 1.82) is 0 Å². The number of halogens is 1. The molecular formula is C23H27FN4O2. The third kappa shape index (κ3) is 4.84. The molecule has 0 saturated carbocycles. The van der Waals surface area contributed by atoms with Crippen molar-refractivity contribution < 1.29 is 14.0 Å². The summed E-state index contributed by atoms with van der Waals surface area (Å²) in [5.74, 6) is -0.231. The molecule has 2 aromatic rings. The van der Waals surface area contributed by atoms with Crippen LogP contribution in [0.1, 0.15) is 48.7 Å². The molecule has 2 aromatic carbocycles.